The molecular formula is C25H25ClF2N2O3S. The second kappa shape index (κ2) is 10.3. The highest BCUT2D eigenvalue weighted by molar-refractivity contribution is 7.89. The molecule has 0 aromatic heterocycles. The second-order valence-electron chi connectivity index (χ2n) is 8.18. The van der Waals surface area contributed by atoms with E-state index >= 15 is 0 Å². The molecule has 0 radical (unpaired) electrons. The number of alkyl halides is 1. The fourth-order valence-electron chi connectivity index (χ4n) is 4.24. The molecule has 0 fully saturated rings. The number of hydrogen-bond donors (Lipinski definition) is 2. The maximum atomic E-state index is 13.8. The van der Waals surface area contributed by atoms with Crippen molar-refractivity contribution in [2.75, 3.05) is 19.1 Å². The van der Waals surface area contributed by atoms with E-state index in [4.69, 9.17) is 16.3 Å². The Kier molecular flexibility index (Phi) is 7.40. The average Bonchev–Trinajstić information content (AvgIpc) is 2.82. The number of aryl methyl sites for hydroxylation is 1. The molecule has 5 nitrogen and oxygen atoms in total. The minimum atomic E-state index is -4.11. The third-order valence-corrected chi connectivity index (χ3v) is 7.88. The predicted molar refractivity (Wildman–Crippen MR) is 129 cm³/mol. The molecule has 1 unspecified atom stereocenters. The van der Waals surface area contributed by atoms with E-state index in [9.17, 15) is 17.2 Å². The summed E-state index contributed by atoms with van der Waals surface area (Å²) in [6.07, 6.45) is 2.58. The Hall–Kier alpha value is -2.68. The van der Waals surface area contributed by atoms with Gasteiger partial charge in [0, 0.05) is 5.69 Å². The van der Waals surface area contributed by atoms with Gasteiger partial charge in [0.05, 0.1) is 24.2 Å². The highest BCUT2D eigenvalue weighted by atomic mass is 35.5. The highest BCUT2D eigenvalue weighted by Crippen LogP contribution is 2.35. The first kappa shape index (κ1) is 24.4. The van der Waals surface area contributed by atoms with E-state index in [0.29, 0.717) is 17.0 Å². The van der Waals surface area contributed by atoms with Crippen LogP contribution in [-0.4, -0.2) is 22.2 Å². The molecule has 3 aromatic carbocycles. The Morgan fingerprint density at radius 3 is 2.71 bits per heavy atom. The van der Waals surface area contributed by atoms with E-state index in [-0.39, 0.29) is 21.8 Å². The van der Waals surface area contributed by atoms with Crippen molar-refractivity contribution in [2.24, 2.45) is 0 Å². The molecule has 2 atom stereocenters. The SMILES string of the molecule is COc1cccc(C(CF)NS(=O)(=O)c2ccc(N[C@@H]3CCCc4cc(F)ccc43)cc2Cl)c1. The van der Waals surface area contributed by atoms with E-state index in [1.54, 1.807) is 42.5 Å². The number of halogens is 3. The Balaban J connectivity index is 1.53. The van der Waals surface area contributed by atoms with Crippen molar-refractivity contribution in [3.8, 4) is 5.75 Å². The van der Waals surface area contributed by atoms with Gasteiger partial charge >= 0.3 is 0 Å². The van der Waals surface area contributed by atoms with Crippen LogP contribution in [0.4, 0.5) is 14.5 Å². The lowest BCUT2D eigenvalue weighted by Crippen LogP contribution is -2.30. The van der Waals surface area contributed by atoms with Gasteiger partial charge in [0.15, 0.2) is 0 Å². The maximum absolute atomic E-state index is 13.8. The van der Waals surface area contributed by atoms with Crippen molar-refractivity contribution < 1.29 is 21.9 Å². The van der Waals surface area contributed by atoms with Gasteiger partial charge in [-0.3, -0.25) is 0 Å². The number of benzene rings is 3. The van der Waals surface area contributed by atoms with E-state index in [0.717, 1.165) is 30.4 Å². The van der Waals surface area contributed by atoms with Crippen LogP contribution in [0.1, 0.15) is 41.6 Å². The van der Waals surface area contributed by atoms with E-state index < -0.39 is 22.7 Å². The van der Waals surface area contributed by atoms with Crippen LogP contribution < -0.4 is 14.8 Å². The lowest BCUT2D eigenvalue weighted by Gasteiger charge is -2.27. The smallest absolute Gasteiger partial charge is 0.242 e. The van der Waals surface area contributed by atoms with Crippen molar-refractivity contribution in [2.45, 2.75) is 36.2 Å². The number of ether oxygens (including phenoxy) is 1. The zero-order valence-electron chi connectivity index (χ0n) is 18.5. The normalized spacial score (nSPS) is 16.5. The van der Waals surface area contributed by atoms with Gasteiger partial charge < -0.3 is 10.1 Å². The molecule has 9 heteroatoms. The Morgan fingerprint density at radius 1 is 1.15 bits per heavy atom. The molecule has 0 bridgehead atoms. The first-order valence-electron chi connectivity index (χ1n) is 10.9. The van der Waals surface area contributed by atoms with Crippen molar-refractivity contribution >= 4 is 27.3 Å². The fourth-order valence-corrected chi connectivity index (χ4v) is 5.99. The van der Waals surface area contributed by atoms with Crippen molar-refractivity contribution in [1.82, 2.24) is 4.72 Å². The summed E-state index contributed by atoms with van der Waals surface area (Å²) in [4.78, 5) is -0.146. The number of nitrogens with one attached hydrogen (secondary N) is 2. The van der Waals surface area contributed by atoms with Gasteiger partial charge in [-0.05, 0) is 78.4 Å². The predicted octanol–water partition coefficient (Wildman–Crippen LogP) is 5.97. The van der Waals surface area contributed by atoms with Gasteiger partial charge in [-0.1, -0.05) is 29.8 Å². The van der Waals surface area contributed by atoms with Crippen molar-refractivity contribution in [3.63, 3.8) is 0 Å². The number of methoxy groups -OCH3 is 1. The summed E-state index contributed by atoms with van der Waals surface area (Å²) >= 11 is 6.35. The molecule has 1 aliphatic carbocycles. The molecule has 0 saturated carbocycles. The largest absolute Gasteiger partial charge is 0.497 e. The summed E-state index contributed by atoms with van der Waals surface area (Å²) in [5.74, 6) is 0.237. The molecule has 4 rings (SSSR count). The van der Waals surface area contributed by atoms with Crippen LogP contribution in [0, 0.1) is 5.82 Å². The van der Waals surface area contributed by atoms with Gasteiger partial charge in [0.2, 0.25) is 10.0 Å². The zero-order valence-corrected chi connectivity index (χ0v) is 20.1. The Labute approximate surface area is 203 Å². The molecule has 180 valence electrons. The number of hydrogen-bond acceptors (Lipinski definition) is 4. The molecule has 0 aliphatic heterocycles. The minimum Gasteiger partial charge on any atom is -0.497 e. The van der Waals surface area contributed by atoms with Gasteiger partial charge in [-0.2, -0.15) is 0 Å². The van der Waals surface area contributed by atoms with E-state index in [1.165, 1.54) is 25.3 Å². The standard InChI is InChI=1S/C25H25ClF2N2O3S/c1-33-20-6-2-5-17(13-20)24(15-27)30-34(31,32)25-11-9-19(14-22(25)26)29-23-7-3-4-16-12-18(28)8-10-21(16)23/h2,5-6,8-14,23-24,29-30H,3-4,7,15H2,1H3/t23-,24?/m1/s1. The second-order valence-corrected chi connectivity index (χ2v) is 10.3. The van der Waals surface area contributed by atoms with Gasteiger partial charge in [0.1, 0.15) is 23.1 Å². The molecule has 2 N–H and O–H groups in total. The van der Waals surface area contributed by atoms with E-state index in [2.05, 4.69) is 10.0 Å². The topological polar surface area (TPSA) is 67.4 Å². The molecule has 34 heavy (non-hydrogen) atoms. The first-order valence-corrected chi connectivity index (χ1v) is 12.7. The summed E-state index contributed by atoms with van der Waals surface area (Å²) in [6.45, 7) is -0.939. The molecule has 0 saturated heterocycles. The van der Waals surface area contributed by atoms with Crippen LogP contribution in [0.3, 0.4) is 0 Å². The third kappa shape index (κ3) is 5.35. The van der Waals surface area contributed by atoms with Gasteiger partial charge in [0.25, 0.3) is 0 Å². The van der Waals surface area contributed by atoms with Crippen LogP contribution in [0.15, 0.2) is 65.6 Å². The van der Waals surface area contributed by atoms with Crippen LogP contribution in [0.25, 0.3) is 0 Å². The lowest BCUT2D eigenvalue weighted by molar-refractivity contribution is 0.403. The van der Waals surface area contributed by atoms with Gasteiger partial charge in [-0.25, -0.2) is 21.9 Å². The van der Waals surface area contributed by atoms with Crippen molar-refractivity contribution in [1.29, 1.82) is 0 Å². The first-order chi connectivity index (χ1) is 16.3. The average molecular weight is 507 g/mol. The van der Waals surface area contributed by atoms with Gasteiger partial charge in [-0.15, -0.1) is 0 Å². The Morgan fingerprint density at radius 2 is 1.97 bits per heavy atom. The monoisotopic (exact) mass is 506 g/mol. The third-order valence-electron chi connectivity index (χ3n) is 5.93. The number of sulfonamides is 1. The molecule has 3 aromatic rings. The van der Waals surface area contributed by atoms with Crippen LogP contribution in [0.5, 0.6) is 5.75 Å². The summed E-state index contributed by atoms with van der Waals surface area (Å²) in [7, 11) is -2.63. The number of anilines is 1. The summed E-state index contributed by atoms with van der Waals surface area (Å²) in [5, 5.41) is 3.38. The summed E-state index contributed by atoms with van der Waals surface area (Å²) in [5.41, 5.74) is 3.06. The summed E-state index contributed by atoms with van der Waals surface area (Å²) in [6, 6.07) is 14.7. The molecule has 0 spiro atoms. The molecule has 1 aliphatic rings. The minimum absolute atomic E-state index is 0.0101. The van der Waals surface area contributed by atoms with E-state index in [1.807, 2.05) is 0 Å². The number of fused-ring (bicyclic) bond motifs is 1. The molecule has 0 amide bonds. The van der Waals surface area contributed by atoms with Crippen LogP contribution >= 0.6 is 11.6 Å². The maximum Gasteiger partial charge on any atom is 0.242 e. The zero-order chi connectivity index (χ0) is 24.3. The molecule has 0 heterocycles. The van der Waals surface area contributed by atoms with Crippen molar-refractivity contribution in [3.05, 3.63) is 88.2 Å². The molecular weight excluding hydrogens is 482 g/mol. The van der Waals surface area contributed by atoms with Crippen LogP contribution in [-0.2, 0) is 16.4 Å². The Bertz CT molecular complexity index is 1290. The summed E-state index contributed by atoms with van der Waals surface area (Å²) < 4.78 is 60.9. The highest BCUT2D eigenvalue weighted by Gasteiger charge is 2.25. The quantitative estimate of drug-likeness (QED) is 0.395. The number of rotatable bonds is 8. The lowest BCUT2D eigenvalue weighted by atomic mass is 9.87. The van der Waals surface area contributed by atoms with Crippen LogP contribution in [0.2, 0.25) is 5.02 Å². The fraction of sp³-hybridized carbons (Fsp3) is 0.280.